The highest BCUT2D eigenvalue weighted by molar-refractivity contribution is 7.90. The van der Waals surface area contributed by atoms with Crippen molar-refractivity contribution in [3.05, 3.63) is 0 Å². The molecule has 1 aliphatic carbocycles. The number of hydrogen-bond donors (Lipinski definition) is 1. The molecule has 1 aliphatic heterocycles. The summed E-state index contributed by atoms with van der Waals surface area (Å²) in [6.07, 6.45) is 1.82. The number of nitrogens with zero attached hydrogens (tertiary/aromatic N) is 1. The monoisotopic (exact) mass is 319 g/mol. The molecule has 1 saturated heterocycles. The predicted molar refractivity (Wildman–Crippen MR) is 74.6 cm³/mol. The van der Waals surface area contributed by atoms with Crippen LogP contribution in [0.1, 0.15) is 32.6 Å². The number of ether oxygens (including phenoxy) is 1. The Morgan fingerprint density at radius 3 is 2.24 bits per heavy atom. The van der Waals surface area contributed by atoms with Crippen LogP contribution in [-0.2, 0) is 24.2 Å². The largest absolute Gasteiger partial charge is 0.479 e. The maximum absolute atomic E-state index is 12.5. The first-order chi connectivity index (χ1) is 9.69. The molecule has 2 aliphatic rings. The molecule has 0 radical (unpaired) electrons. The van der Waals surface area contributed by atoms with E-state index in [4.69, 9.17) is 9.84 Å². The Bertz CT molecular complexity index is 527. The number of aliphatic carboxylic acids is 1. The number of carboxylic acid groups (broad SMARTS) is 1. The SMILES string of the molecule is CC(CS(C)(=O)=O)N(C(=O)[C@@H]1CC[C@H](C(=O)O)O1)C1CC1. The van der Waals surface area contributed by atoms with Gasteiger partial charge in [-0.15, -0.1) is 0 Å². The van der Waals surface area contributed by atoms with E-state index in [0.717, 1.165) is 19.1 Å². The van der Waals surface area contributed by atoms with Crippen molar-refractivity contribution in [3.63, 3.8) is 0 Å². The standard InChI is InChI=1S/C13H21NO6S/c1-8(7-21(2,18)19)14(9-3-4-9)12(15)10-5-6-11(20-10)13(16)17/h8-11H,3-7H2,1-2H3,(H,16,17)/t8?,10-,11+/m0/s1. The second kappa shape index (κ2) is 5.92. The molecule has 2 rings (SSSR count). The fourth-order valence-electron chi connectivity index (χ4n) is 2.79. The first kappa shape index (κ1) is 16.2. The van der Waals surface area contributed by atoms with Crippen LogP contribution < -0.4 is 0 Å². The highest BCUT2D eigenvalue weighted by atomic mass is 32.2. The summed E-state index contributed by atoms with van der Waals surface area (Å²) in [7, 11) is -3.18. The van der Waals surface area contributed by atoms with Crippen molar-refractivity contribution in [2.75, 3.05) is 12.0 Å². The lowest BCUT2D eigenvalue weighted by atomic mass is 10.1. The summed E-state index contributed by atoms with van der Waals surface area (Å²) in [4.78, 5) is 25.0. The zero-order valence-electron chi connectivity index (χ0n) is 12.2. The van der Waals surface area contributed by atoms with Gasteiger partial charge in [0, 0.05) is 18.3 Å². The molecule has 3 atom stereocenters. The van der Waals surface area contributed by atoms with Crippen molar-refractivity contribution < 1.29 is 27.9 Å². The second-order valence-electron chi connectivity index (χ2n) is 5.95. The van der Waals surface area contributed by atoms with Gasteiger partial charge >= 0.3 is 5.97 Å². The normalized spacial score (nSPS) is 27.3. The third-order valence-corrected chi connectivity index (χ3v) is 4.87. The van der Waals surface area contributed by atoms with Crippen molar-refractivity contribution in [1.82, 2.24) is 4.90 Å². The van der Waals surface area contributed by atoms with Crippen molar-refractivity contribution in [2.24, 2.45) is 0 Å². The van der Waals surface area contributed by atoms with Crippen LogP contribution in [0.3, 0.4) is 0 Å². The number of amides is 1. The minimum Gasteiger partial charge on any atom is -0.479 e. The van der Waals surface area contributed by atoms with E-state index < -0.39 is 34.1 Å². The smallest absolute Gasteiger partial charge is 0.332 e. The summed E-state index contributed by atoms with van der Waals surface area (Å²) < 4.78 is 28.1. The zero-order valence-corrected chi connectivity index (χ0v) is 13.0. The van der Waals surface area contributed by atoms with Gasteiger partial charge in [-0.1, -0.05) is 0 Å². The summed E-state index contributed by atoms with van der Waals surface area (Å²) >= 11 is 0. The lowest BCUT2D eigenvalue weighted by Crippen LogP contribution is -2.48. The average molecular weight is 319 g/mol. The van der Waals surface area contributed by atoms with Crippen LogP contribution in [0.5, 0.6) is 0 Å². The van der Waals surface area contributed by atoms with E-state index in [0.29, 0.717) is 12.8 Å². The van der Waals surface area contributed by atoms with Gasteiger partial charge in [-0.05, 0) is 32.6 Å². The minimum absolute atomic E-state index is 0.0572. The lowest BCUT2D eigenvalue weighted by molar-refractivity contribution is -0.155. The third-order valence-electron chi connectivity index (χ3n) is 3.78. The van der Waals surface area contributed by atoms with Crippen LogP contribution in [0.15, 0.2) is 0 Å². The van der Waals surface area contributed by atoms with Crippen molar-refractivity contribution in [3.8, 4) is 0 Å². The molecule has 0 aromatic rings. The molecule has 1 N–H and O–H groups in total. The van der Waals surface area contributed by atoms with Gasteiger partial charge in [-0.2, -0.15) is 0 Å². The van der Waals surface area contributed by atoms with E-state index in [1.807, 2.05) is 0 Å². The molecule has 2 fully saturated rings. The predicted octanol–water partition coefficient (Wildman–Crippen LogP) is 0.0427. The van der Waals surface area contributed by atoms with Gasteiger partial charge < -0.3 is 14.7 Å². The fraction of sp³-hybridized carbons (Fsp3) is 0.846. The minimum atomic E-state index is -3.18. The Balaban J connectivity index is 2.05. The molecule has 8 heteroatoms. The first-order valence-electron chi connectivity index (χ1n) is 7.07. The molecule has 7 nitrogen and oxygen atoms in total. The van der Waals surface area contributed by atoms with Gasteiger partial charge in [0.25, 0.3) is 5.91 Å². The van der Waals surface area contributed by atoms with Crippen molar-refractivity contribution >= 4 is 21.7 Å². The Morgan fingerprint density at radius 1 is 1.24 bits per heavy atom. The molecule has 1 amide bonds. The molecule has 0 aromatic carbocycles. The average Bonchev–Trinajstić information content (AvgIpc) is 3.02. The molecule has 21 heavy (non-hydrogen) atoms. The fourth-order valence-corrected chi connectivity index (χ4v) is 3.83. The first-order valence-corrected chi connectivity index (χ1v) is 9.13. The zero-order chi connectivity index (χ0) is 15.8. The van der Waals surface area contributed by atoms with Gasteiger partial charge in [0.1, 0.15) is 15.9 Å². The quantitative estimate of drug-likeness (QED) is 0.742. The summed E-state index contributed by atoms with van der Waals surface area (Å²) in [5.74, 6) is -1.44. The van der Waals surface area contributed by atoms with E-state index in [-0.39, 0.29) is 17.7 Å². The van der Waals surface area contributed by atoms with Gasteiger partial charge in [-0.3, -0.25) is 4.79 Å². The number of rotatable bonds is 6. The Labute approximate surface area is 124 Å². The molecule has 120 valence electrons. The second-order valence-corrected chi connectivity index (χ2v) is 8.13. The number of carbonyl (C=O) groups is 2. The molecule has 0 spiro atoms. The van der Waals surface area contributed by atoms with Crippen LogP contribution in [0.2, 0.25) is 0 Å². The maximum Gasteiger partial charge on any atom is 0.332 e. The van der Waals surface area contributed by atoms with E-state index in [2.05, 4.69) is 0 Å². The van der Waals surface area contributed by atoms with E-state index in [1.54, 1.807) is 11.8 Å². The van der Waals surface area contributed by atoms with Crippen LogP contribution in [0.25, 0.3) is 0 Å². The van der Waals surface area contributed by atoms with Gasteiger partial charge in [0.2, 0.25) is 0 Å². The van der Waals surface area contributed by atoms with Crippen LogP contribution in [0.4, 0.5) is 0 Å². The Hall–Kier alpha value is -1.15. The maximum atomic E-state index is 12.5. The van der Waals surface area contributed by atoms with Crippen molar-refractivity contribution in [1.29, 1.82) is 0 Å². The highest BCUT2D eigenvalue weighted by Gasteiger charge is 2.43. The highest BCUT2D eigenvalue weighted by Crippen LogP contribution is 2.32. The van der Waals surface area contributed by atoms with Gasteiger partial charge in [-0.25, -0.2) is 13.2 Å². The number of carboxylic acids is 1. The molecular weight excluding hydrogens is 298 g/mol. The number of carbonyl (C=O) groups excluding carboxylic acids is 1. The van der Waals surface area contributed by atoms with E-state index >= 15 is 0 Å². The molecule has 1 unspecified atom stereocenters. The van der Waals surface area contributed by atoms with E-state index in [1.165, 1.54) is 0 Å². The number of sulfone groups is 1. The van der Waals surface area contributed by atoms with Gasteiger partial charge in [0.15, 0.2) is 6.10 Å². The van der Waals surface area contributed by atoms with Gasteiger partial charge in [0.05, 0.1) is 5.75 Å². The molecular formula is C13H21NO6S. The Morgan fingerprint density at radius 2 is 1.81 bits per heavy atom. The summed E-state index contributed by atoms with van der Waals surface area (Å²) in [5, 5.41) is 8.91. The van der Waals surface area contributed by atoms with Crippen LogP contribution in [0, 0.1) is 0 Å². The topological polar surface area (TPSA) is 101 Å². The summed E-state index contributed by atoms with van der Waals surface area (Å²) in [6.45, 7) is 1.71. The molecule has 0 bridgehead atoms. The molecule has 0 aromatic heterocycles. The van der Waals surface area contributed by atoms with Crippen molar-refractivity contribution in [2.45, 2.75) is 56.9 Å². The lowest BCUT2D eigenvalue weighted by Gasteiger charge is -2.31. The summed E-state index contributed by atoms with van der Waals surface area (Å²) in [5.41, 5.74) is 0. The van der Waals surface area contributed by atoms with Crippen LogP contribution in [-0.4, -0.2) is 66.6 Å². The molecule has 1 heterocycles. The Kier molecular flexibility index (Phi) is 4.57. The third kappa shape index (κ3) is 4.16. The number of hydrogen-bond acceptors (Lipinski definition) is 5. The van der Waals surface area contributed by atoms with E-state index in [9.17, 15) is 18.0 Å². The summed E-state index contributed by atoms with van der Waals surface area (Å²) in [6, 6.07) is -0.366. The van der Waals surface area contributed by atoms with Crippen LogP contribution >= 0.6 is 0 Å². The molecule has 1 saturated carbocycles.